The lowest BCUT2D eigenvalue weighted by molar-refractivity contribution is 0.769. The number of aliphatic imine (C=N–C) groups is 1. The Balaban J connectivity index is 1.75. The van der Waals surface area contributed by atoms with E-state index in [9.17, 15) is 0 Å². The molecular weight excluding hydrogens is 310 g/mol. The largest absolute Gasteiger partial charge is 0.370 e. The molecular formula is C20H23N5. The Kier molecular flexibility index (Phi) is 5.14. The number of aryl methyl sites for hydroxylation is 2. The van der Waals surface area contributed by atoms with Crippen LogP contribution in [-0.4, -0.2) is 15.7 Å². The number of rotatable bonds is 5. The fraction of sp³-hybridized carbons (Fsp3) is 0.200. The highest BCUT2D eigenvalue weighted by atomic mass is 15.3. The lowest BCUT2D eigenvalue weighted by Gasteiger charge is -2.07. The highest BCUT2D eigenvalue weighted by Crippen LogP contribution is 2.22. The van der Waals surface area contributed by atoms with Crippen LogP contribution in [0.3, 0.4) is 0 Å². The molecule has 0 aliphatic carbocycles. The van der Waals surface area contributed by atoms with Gasteiger partial charge in [0, 0.05) is 30.1 Å². The zero-order chi connectivity index (χ0) is 17.6. The predicted octanol–water partition coefficient (Wildman–Crippen LogP) is 3.58. The molecule has 0 unspecified atom stereocenters. The van der Waals surface area contributed by atoms with E-state index >= 15 is 0 Å². The highest BCUT2D eigenvalue weighted by molar-refractivity contribution is 5.92. The van der Waals surface area contributed by atoms with Crippen LogP contribution in [0.2, 0.25) is 0 Å². The number of nitrogens with zero attached hydrogens (tertiary/aromatic N) is 3. The van der Waals surface area contributed by atoms with Crippen molar-refractivity contribution in [3.63, 3.8) is 0 Å². The molecule has 0 saturated heterocycles. The molecule has 2 aromatic carbocycles. The number of nitrogens with one attached hydrogen (secondary N) is 1. The summed E-state index contributed by atoms with van der Waals surface area (Å²) in [4.78, 5) is 4.47. The third-order valence-corrected chi connectivity index (χ3v) is 3.98. The van der Waals surface area contributed by atoms with E-state index < -0.39 is 0 Å². The first-order valence-electron chi connectivity index (χ1n) is 8.39. The molecule has 5 heteroatoms. The van der Waals surface area contributed by atoms with Crippen molar-refractivity contribution >= 4 is 11.6 Å². The molecule has 3 N–H and O–H groups in total. The average molecular weight is 333 g/mol. The molecule has 3 aromatic rings. The van der Waals surface area contributed by atoms with Crippen molar-refractivity contribution in [1.82, 2.24) is 9.78 Å². The van der Waals surface area contributed by atoms with Crippen LogP contribution in [0, 0.1) is 0 Å². The van der Waals surface area contributed by atoms with E-state index in [4.69, 9.17) is 5.73 Å². The molecule has 0 spiro atoms. The molecule has 1 heterocycles. The van der Waals surface area contributed by atoms with E-state index in [1.54, 1.807) is 0 Å². The maximum Gasteiger partial charge on any atom is 0.193 e. The summed E-state index contributed by atoms with van der Waals surface area (Å²) in [5.41, 5.74) is 11.3. The van der Waals surface area contributed by atoms with Gasteiger partial charge in [0.1, 0.15) is 0 Å². The second-order valence-corrected chi connectivity index (χ2v) is 5.92. The molecule has 3 rings (SSSR count). The standard InChI is InChI=1S/C20H23N5/c1-3-15-8-7-11-18(12-15)23-20(21)22-13-17-14-25(2)24-19(17)16-9-5-4-6-10-16/h4-12,14H,3,13H2,1-2H3,(H3,21,22,23). The van der Waals surface area contributed by atoms with Gasteiger partial charge in [0.25, 0.3) is 0 Å². The number of guanidine groups is 1. The predicted molar refractivity (Wildman–Crippen MR) is 103 cm³/mol. The Labute approximate surface area is 148 Å². The fourth-order valence-electron chi connectivity index (χ4n) is 2.72. The summed E-state index contributed by atoms with van der Waals surface area (Å²) in [5, 5.41) is 7.71. The molecule has 1 aromatic heterocycles. The smallest absolute Gasteiger partial charge is 0.193 e. The number of benzene rings is 2. The monoisotopic (exact) mass is 333 g/mol. The quantitative estimate of drug-likeness (QED) is 0.554. The van der Waals surface area contributed by atoms with Crippen LogP contribution in [0.15, 0.2) is 65.8 Å². The molecule has 0 amide bonds. The molecule has 0 aliphatic rings. The van der Waals surface area contributed by atoms with E-state index in [1.165, 1.54) is 5.56 Å². The van der Waals surface area contributed by atoms with Crippen LogP contribution < -0.4 is 11.1 Å². The van der Waals surface area contributed by atoms with Crippen LogP contribution in [0.1, 0.15) is 18.1 Å². The molecule has 128 valence electrons. The Morgan fingerprint density at radius 2 is 1.96 bits per heavy atom. The van der Waals surface area contributed by atoms with Gasteiger partial charge < -0.3 is 11.1 Å². The van der Waals surface area contributed by atoms with Crippen LogP contribution >= 0.6 is 0 Å². The molecule has 0 saturated carbocycles. The molecule has 0 aliphatic heterocycles. The first kappa shape index (κ1) is 16.8. The fourth-order valence-corrected chi connectivity index (χ4v) is 2.72. The van der Waals surface area contributed by atoms with Gasteiger partial charge in [0.2, 0.25) is 0 Å². The third-order valence-electron chi connectivity index (χ3n) is 3.98. The number of hydrogen-bond donors (Lipinski definition) is 2. The lowest BCUT2D eigenvalue weighted by atomic mass is 10.1. The van der Waals surface area contributed by atoms with Crippen LogP contribution in [0.5, 0.6) is 0 Å². The Hall–Kier alpha value is -3.08. The third kappa shape index (κ3) is 4.26. The minimum absolute atomic E-state index is 0.399. The van der Waals surface area contributed by atoms with Crippen molar-refractivity contribution in [3.8, 4) is 11.3 Å². The Bertz CT molecular complexity index is 865. The molecule has 0 fully saturated rings. The minimum atomic E-state index is 0.399. The zero-order valence-corrected chi connectivity index (χ0v) is 14.6. The van der Waals surface area contributed by atoms with Gasteiger partial charge in [-0.1, -0.05) is 49.4 Å². The van der Waals surface area contributed by atoms with Gasteiger partial charge in [-0.15, -0.1) is 0 Å². The van der Waals surface area contributed by atoms with Gasteiger partial charge >= 0.3 is 0 Å². The SMILES string of the molecule is CCc1cccc(NC(N)=NCc2cn(C)nc2-c2ccccc2)c1. The summed E-state index contributed by atoms with van der Waals surface area (Å²) >= 11 is 0. The summed E-state index contributed by atoms with van der Waals surface area (Å²) in [6, 6.07) is 18.3. The molecule has 0 atom stereocenters. The minimum Gasteiger partial charge on any atom is -0.370 e. The normalized spacial score (nSPS) is 11.5. The van der Waals surface area contributed by atoms with Gasteiger partial charge in [0.05, 0.1) is 12.2 Å². The second-order valence-electron chi connectivity index (χ2n) is 5.92. The van der Waals surface area contributed by atoms with E-state index in [0.717, 1.165) is 28.9 Å². The Morgan fingerprint density at radius 1 is 1.16 bits per heavy atom. The lowest BCUT2D eigenvalue weighted by Crippen LogP contribution is -2.22. The van der Waals surface area contributed by atoms with Crippen molar-refractivity contribution in [2.24, 2.45) is 17.8 Å². The van der Waals surface area contributed by atoms with E-state index in [2.05, 4.69) is 34.5 Å². The van der Waals surface area contributed by atoms with Gasteiger partial charge in [-0.05, 0) is 24.1 Å². The molecule has 0 bridgehead atoms. The number of anilines is 1. The number of nitrogens with two attached hydrogens (primary N) is 1. The topological polar surface area (TPSA) is 68.2 Å². The summed E-state index contributed by atoms with van der Waals surface area (Å²) in [7, 11) is 1.91. The van der Waals surface area contributed by atoms with Crippen molar-refractivity contribution < 1.29 is 0 Å². The zero-order valence-electron chi connectivity index (χ0n) is 14.6. The second kappa shape index (κ2) is 7.66. The maximum absolute atomic E-state index is 6.05. The first-order valence-corrected chi connectivity index (χ1v) is 8.39. The van der Waals surface area contributed by atoms with E-state index in [-0.39, 0.29) is 0 Å². The highest BCUT2D eigenvalue weighted by Gasteiger charge is 2.09. The van der Waals surface area contributed by atoms with Crippen molar-refractivity contribution in [2.45, 2.75) is 19.9 Å². The van der Waals surface area contributed by atoms with Crippen LogP contribution in [-0.2, 0) is 20.0 Å². The Morgan fingerprint density at radius 3 is 2.72 bits per heavy atom. The maximum atomic E-state index is 6.05. The van der Waals surface area contributed by atoms with E-state index in [0.29, 0.717) is 12.5 Å². The van der Waals surface area contributed by atoms with Crippen molar-refractivity contribution in [3.05, 3.63) is 71.9 Å². The van der Waals surface area contributed by atoms with Gasteiger partial charge in [0.15, 0.2) is 5.96 Å². The van der Waals surface area contributed by atoms with Crippen molar-refractivity contribution in [1.29, 1.82) is 0 Å². The summed E-state index contributed by atoms with van der Waals surface area (Å²) in [6.07, 6.45) is 2.97. The molecule has 0 radical (unpaired) electrons. The van der Waals surface area contributed by atoms with Crippen LogP contribution in [0.4, 0.5) is 5.69 Å². The van der Waals surface area contributed by atoms with Gasteiger partial charge in [-0.3, -0.25) is 4.68 Å². The molecule has 25 heavy (non-hydrogen) atoms. The van der Waals surface area contributed by atoms with Gasteiger partial charge in [-0.25, -0.2) is 4.99 Å². The van der Waals surface area contributed by atoms with Gasteiger partial charge in [-0.2, -0.15) is 5.10 Å². The average Bonchev–Trinajstić information content (AvgIpc) is 3.01. The van der Waals surface area contributed by atoms with Crippen LogP contribution in [0.25, 0.3) is 11.3 Å². The number of hydrogen-bond acceptors (Lipinski definition) is 2. The summed E-state index contributed by atoms with van der Waals surface area (Å²) in [6.45, 7) is 2.61. The number of aromatic nitrogens is 2. The van der Waals surface area contributed by atoms with Crippen molar-refractivity contribution in [2.75, 3.05) is 5.32 Å². The first-order chi connectivity index (χ1) is 12.2. The molecule has 5 nitrogen and oxygen atoms in total. The van der Waals surface area contributed by atoms with E-state index in [1.807, 2.05) is 60.4 Å². The summed E-state index contributed by atoms with van der Waals surface area (Å²) in [5.74, 6) is 0.399. The summed E-state index contributed by atoms with van der Waals surface area (Å²) < 4.78 is 1.81.